The molecule has 23 heavy (non-hydrogen) atoms. The molecule has 0 spiro atoms. The van der Waals surface area contributed by atoms with Gasteiger partial charge in [-0.05, 0) is 47.7 Å². The van der Waals surface area contributed by atoms with Crippen molar-refractivity contribution in [1.82, 2.24) is 4.57 Å². The molecule has 3 rings (SSSR count). The SMILES string of the molecule is CCOc1ccc2c(=O)n(Cc3ccc(CN)cc3)ccc2c1. The largest absolute Gasteiger partial charge is 0.494 e. The average Bonchev–Trinajstić information content (AvgIpc) is 2.58. The van der Waals surface area contributed by atoms with E-state index in [-0.39, 0.29) is 5.56 Å². The van der Waals surface area contributed by atoms with Crippen LogP contribution in [0.15, 0.2) is 59.5 Å². The number of pyridine rings is 1. The van der Waals surface area contributed by atoms with Crippen LogP contribution < -0.4 is 16.0 Å². The minimum Gasteiger partial charge on any atom is -0.494 e. The minimum atomic E-state index is 0.00782. The summed E-state index contributed by atoms with van der Waals surface area (Å²) >= 11 is 0. The van der Waals surface area contributed by atoms with E-state index in [1.165, 1.54) is 0 Å². The maximum Gasteiger partial charge on any atom is 0.258 e. The van der Waals surface area contributed by atoms with Crippen LogP contribution in [0.4, 0.5) is 0 Å². The lowest BCUT2D eigenvalue weighted by Crippen LogP contribution is -2.20. The van der Waals surface area contributed by atoms with Crippen molar-refractivity contribution in [2.45, 2.75) is 20.0 Å². The predicted octanol–water partition coefficient (Wildman–Crippen LogP) is 2.91. The molecule has 0 amide bonds. The molecule has 0 aliphatic carbocycles. The first-order chi connectivity index (χ1) is 11.2. The van der Waals surface area contributed by atoms with Gasteiger partial charge < -0.3 is 15.0 Å². The van der Waals surface area contributed by atoms with Crippen LogP contribution in [-0.2, 0) is 13.1 Å². The van der Waals surface area contributed by atoms with Crippen molar-refractivity contribution in [1.29, 1.82) is 0 Å². The van der Waals surface area contributed by atoms with Gasteiger partial charge in [-0.15, -0.1) is 0 Å². The Labute approximate surface area is 135 Å². The summed E-state index contributed by atoms with van der Waals surface area (Å²) in [7, 11) is 0. The van der Waals surface area contributed by atoms with Crippen molar-refractivity contribution in [2.24, 2.45) is 5.73 Å². The lowest BCUT2D eigenvalue weighted by atomic mass is 10.1. The molecular formula is C19H20N2O2. The summed E-state index contributed by atoms with van der Waals surface area (Å²) in [6.07, 6.45) is 1.83. The van der Waals surface area contributed by atoms with E-state index >= 15 is 0 Å². The molecule has 2 N–H and O–H groups in total. The van der Waals surface area contributed by atoms with Crippen LogP contribution in [0.3, 0.4) is 0 Å². The van der Waals surface area contributed by atoms with Gasteiger partial charge in [-0.25, -0.2) is 0 Å². The summed E-state index contributed by atoms with van der Waals surface area (Å²) < 4.78 is 7.20. The molecule has 0 aliphatic heterocycles. The lowest BCUT2D eigenvalue weighted by molar-refractivity contribution is 0.340. The molecule has 0 radical (unpaired) electrons. The van der Waals surface area contributed by atoms with Crippen LogP contribution >= 0.6 is 0 Å². The highest BCUT2D eigenvalue weighted by Gasteiger charge is 2.05. The molecule has 0 saturated carbocycles. The Hall–Kier alpha value is -2.59. The second-order valence-corrected chi connectivity index (χ2v) is 5.45. The standard InChI is InChI=1S/C19H20N2O2/c1-2-23-17-7-8-18-16(11-17)9-10-21(19(18)22)13-15-5-3-14(12-20)4-6-15/h3-11H,2,12-13,20H2,1H3. The number of nitrogens with two attached hydrogens (primary N) is 1. The molecule has 0 fully saturated rings. The van der Waals surface area contributed by atoms with E-state index in [1.54, 1.807) is 4.57 Å². The van der Waals surface area contributed by atoms with Crippen LogP contribution in [0.1, 0.15) is 18.1 Å². The average molecular weight is 308 g/mol. The molecule has 4 heteroatoms. The third-order valence-corrected chi connectivity index (χ3v) is 3.87. The van der Waals surface area contributed by atoms with Gasteiger partial charge in [0.15, 0.2) is 0 Å². The highest BCUT2D eigenvalue weighted by molar-refractivity contribution is 5.82. The summed E-state index contributed by atoms with van der Waals surface area (Å²) in [5.74, 6) is 0.787. The topological polar surface area (TPSA) is 57.2 Å². The summed E-state index contributed by atoms with van der Waals surface area (Å²) in [5, 5.41) is 1.60. The number of benzene rings is 2. The zero-order chi connectivity index (χ0) is 16.2. The maximum absolute atomic E-state index is 12.6. The molecule has 0 unspecified atom stereocenters. The van der Waals surface area contributed by atoms with E-state index in [2.05, 4.69) is 0 Å². The molecule has 3 aromatic rings. The number of nitrogens with zero attached hydrogens (tertiary/aromatic N) is 1. The Morgan fingerprint density at radius 2 is 1.78 bits per heavy atom. The first-order valence-corrected chi connectivity index (χ1v) is 7.75. The molecule has 0 atom stereocenters. The highest BCUT2D eigenvalue weighted by atomic mass is 16.5. The Balaban J connectivity index is 1.93. The Morgan fingerprint density at radius 3 is 2.48 bits per heavy atom. The quantitative estimate of drug-likeness (QED) is 0.788. The van der Waals surface area contributed by atoms with Crippen molar-refractivity contribution in [2.75, 3.05) is 6.61 Å². The second-order valence-electron chi connectivity index (χ2n) is 5.45. The number of hydrogen-bond acceptors (Lipinski definition) is 3. The first kappa shape index (κ1) is 15.3. The molecule has 118 valence electrons. The Morgan fingerprint density at radius 1 is 1.04 bits per heavy atom. The van der Waals surface area contributed by atoms with Gasteiger partial charge in [-0.2, -0.15) is 0 Å². The van der Waals surface area contributed by atoms with Crippen LogP contribution in [-0.4, -0.2) is 11.2 Å². The second kappa shape index (κ2) is 6.67. The lowest BCUT2D eigenvalue weighted by Gasteiger charge is -2.09. The third kappa shape index (κ3) is 3.27. The number of hydrogen-bond donors (Lipinski definition) is 1. The van der Waals surface area contributed by atoms with Crippen molar-refractivity contribution >= 4 is 10.8 Å². The van der Waals surface area contributed by atoms with Gasteiger partial charge in [0.1, 0.15) is 5.75 Å². The van der Waals surface area contributed by atoms with E-state index in [0.29, 0.717) is 25.1 Å². The van der Waals surface area contributed by atoms with E-state index in [0.717, 1.165) is 22.3 Å². The highest BCUT2D eigenvalue weighted by Crippen LogP contribution is 2.18. The van der Waals surface area contributed by atoms with E-state index in [1.807, 2.05) is 61.7 Å². The zero-order valence-electron chi connectivity index (χ0n) is 13.2. The van der Waals surface area contributed by atoms with E-state index in [9.17, 15) is 4.79 Å². The van der Waals surface area contributed by atoms with Crippen molar-refractivity contribution in [3.8, 4) is 5.75 Å². The zero-order valence-corrected chi connectivity index (χ0v) is 13.2. The van der Waals surface area contributed by atoms with Crippen LogP contribution in [0.2, 0.25) is 0 Å². The maximum atomic E-state index is 12.6. The smallest absolute Gasteiger partial charge is 0.258 e. The van der Waals surface area contributed by atoms with Crippen molar-refractivity contribution < 1.29 is 4.74 Å². The van der Waals surface area contributed by atoms with Gasteiger partial charge in [-0.1, -0.05) is 24.3 Å². The van der Waals surface area contributed by atoms with Crippen LogP contribution in [0.25, 0.3) is 10.8 Å². The van der Waals surface area contributed by atoms with Gasteiger partial charge in [0.2, 0.25) is 0 Å². The van der Waals surface area contributed by atoms with Gasteiger partial charge in [0.25, 0.3) is 5.56 Å². The molecule has 0 aliphatic rings. The monoisotopic (exact) mass is 308 g/mol. The predicted molar refractivity (Wildman–Crippen MR) is 92.8 cm³/mol. The molecule has 0 saturated heterocycles. The number of fused-ring (bicyclic) bond motifs is 1. The fourth-order valence-corrected chi connectivity index (χ4v) is 2.62. The van der Waals surface area contributed by atoms with Gasteiger partial charge in [0.05, 0.1) is 13.2 Å². The Bertz CT molecular complexity index is 867. The molecule has 4 nitrogen and oxygen atoms in total. The summed E-state index contributed by atoms with van der Waals surface area (Å²) in [6, 6.07) is 15.5. The summed E-state index contributed by atoms with van der Waals surface area (Å²) in [5.41, 5.74) is 7.78. The number of rotatable bonds is 5. The Kier molecular flexibility index (Phi) is 4.44. The summed E-state index contributed by atoms with van der Waals surface area (Å²) in [6.45, 7) is 3.63. The fourth-order valence-electron chi connectivity index (χ4n) is 2.62. The summed E-state index contributed by atoms with van der Waals surface area (Å²) in [4.78, 5) is 12.6. The fraction of sp³-hybridized carbons (Fsp3) is 0.211. The van der Waals surface area contributed by atoms with E-state index in [4.69, 9.17) is 10.5 Å². The molecule has 1 aromatic heterocycles. The van der Waals surface area contributed by atoms with Crippen LogP contribution in [0, 0.1) is 0 Å². The molecule has 0 bridgehead atoms. The van der Waals surface area contributed by atoms with Gasteiger partial charge in [-0.3, -0.25) is 4.79 Å². The van der Waals surface area contributed by atoms with Crippen LogP contribution in [0.5, 0.6) is 5.75 Å². The van der Waals surface area contributed by atoms with Crippen molar-refractivity contribution in [3.63, 3.8) is 0 Å². The molecule has 2 aromatic carbocycles. The number of aromatic nitrogens is 1. The molecular weight excluding hydrogens is 288 g/mol. The third-order valence-electron chi connectivity index (χ3n) is 3.87. The number of ether oxygens (including phenoxy) is 1. The van der Waals surface area contributed by atoms with E-state index < -0.39 is 0 Å². The normalized spacial score (nSPS) is 10.9. The van der Waals surface area contributed by atoms with Gasteiger partial charge in [0, 0.05) is 18.1 Å². The molecule has 1 heterocycles. The minimum absolute atomic E-state index is 0.00782. The van der Waals surface area contributed by atoms with Gasteiger partial charge >= 0.3 is 0 Å². The first-order valence-electron chi connectivity index (χ1n) is 7.75. The van der Waals surface area contributed by atoms with Crippen molar-refractivity contribution in [3.05, 3.63) is 76.2 Å².